The summed E-state index contributed by atoms with van der Waals surface area (Å²) in [6, 6.07) is 8.70. The lowest BCUT2D eigenvalue weighted by Gasteiger charge is -2.11. The second kappa shape index (κ2) is 7.32. The van der Waals surface area contributed by atoms with Gasteiger partial charge in [0.2, 0.25) is 21.7 Å². The number of halogens is 3. The molecule has 0 aliphatic carbocycles. The van der Waals surface area contributed by atoms with Crippen molar-refractivity contribution in [1.29, 1.82) is 0 Å². The standard InChI is InChI=1S/C16H12Cl2FN3O3S/c1-9(22-26(23,24)12-6-7-13(17)14(18)8-12)16-20-15(21-25-16)10-2-4-11(19)5-3-10/h2-9,22H,1H3. The summed E-state index contributed by atoms with van der Waals surface area (Å²) in [5, 5.41) is 4.16. The van der Waals surface area contributed by atoms with E-state index in [0.717, 1.165) is 0 Å². The molecule has 0 aliphatic heterocycles. The van der Waals surface area contributed by atoms with Gasteiger partial charge in [-0.25, -0.2) is 12.8 Å². The van der Waals surface area contributed by atoms with Crippen molar-refractivity contribution < 1.29 is 17.3 Å². The summed E-state index contributed by atoms with van der Waals surface area (Å²) in [6.45, 7) is 1.55. The Morgan fingerprint density at radius 1 is 1.12 bits per heavy atom. The van der Waals surface area contributed by atoms with Crippen LogP contribution in [0.1, 0.15) is 18.9 Å². The molecule has 1 atom stereocenters. The topological polar surface area (TPSA) is 85.1 Å². The summed E-state index contributed by atoms with van der Waals surface area (Å²) >= 11 is 11.7. The molecule has 10 heteroatoms. The molecule has 0 radical (unpaired) electrons. The SMILES string of the molecule is CC(NS(=O)(=O)c1ccc(Cl)c(Cl)c1)c1nc(-c2ccc(F)cc2)no1. The second-order valence-electron chi connectivity index (χ2n) is 5.38. The van der Waals surface area contributed by atoms with E-state index < -0.39 is 16.1 Å². The molecule has 6 nitrogen and oxygen atoms in total. The van der Waals surface area contributed by atoms with Crippen molar-refractivity contribution in [3.8, 4) is 11.4 Å². The van der Waals surface area contributed by atoms with E-state index >= 15 is 0 Å². The Labute approximate surface area is 159 Å². The van der Waals surface area contributed by atoms with Gasteiger partial charge in [0.15, 0.2) is 0 Å². The van der Waals surface area contributed by atoms with Crippen molar-refractivity contribution in [3.05, 3.63) is 64.2 Å². The van der Waals surface area contributed by atoms with Crippen LogP contribution < -0.4 is 4.72 Å². The van der Waals surface area contributed by atoms with Crippen LogP contribution in [0, 0.1) is 5.82 Å². The maximum Gasteiger partial charge on any atom is 0.244 e. The summed E-state index contributed by atoms with van der Waals surface area (Å²) in [5.74, 6) is -0.103. The van der Waals surface area contributed by atoms with Crippen molar-refractivity contribution in [2.24, 2.45) is 0 Å². The minimum Gasteiger partial charge on any atom is -0.337 e. The Morgan fingerprint density at radius 2 is 1.81 bits per heavy atom. The highest BCUT2D eigenvalue weighted by molar-refractivity contribution is 7.89. The number of sulfonamides is 1. The van der Waals surface area contributed by atoms with Crippen LogP contribution in [0.2, 0.25) is 10.0 Å². The van der Waals surface area contributed by atoms with Crippen molar-refractivity contribution >= 4 is 33.2 Å². The van der Waals surface area contributed by atoms with E-state index in [1.807, 2.05) is 0 Å². The molecule has 1 heterocycles. The Hall–Kier alpha value is -2.00. The predicted molar refractivity (Wildman–Crippen MR) is 94.9 cm³/mol. The lowest BCUT2D eigenvalue weighted by Crippen LogP contribution is -2.27. The summed E-state index contributed by atoms with van der Waals surface area (Å²) in [7, 11) is -3.88. The third-order valence-corrected chi connectivity index (χ3v) is 5.73. The van der Waals surface area contributed by atoms with Crippen molar-refractivity contribution in [2.45, 2.75) is 17.9 Å². The van der Waals surface area contributed by atoms with Crippen LogP contribution in [-0.2, 0) is 10.0 Å². The number of benzene rings is 2. The molecule has 26 heavy (non-hydrogen) atoms. The number of hydrogen-bond acceptors (Lipinski definition) is 5. The van der Waals surface area contributed by atoms with Crippen LogP contribution >= 0.6 is 23.2 Å². The Kier molecular flexibility index (Phi) is 5.29. The number of hydrogen-bond donors (Lipinski definition) is 1. The van der Waals surface area contributed by atoms with Crippen LogP contribution in [0.3, 0.4) is 0 Å². The van der Waals surface area contributed by atoms with E-state index in [0.29, 0.717) is 5.56 Å². The average Bonchev–Trinajstić information content (AvgIpc) is 3.07. The van der Waals surface area contributed by atoms with Gasteiger partial charge < -0.3 is 4.52 Å². The highest BCUT2D eigenvalue weighted by atomic mass is 35.5. The Balaban J connectivity index is 1.80. The second-order valence-corrected chi connectivity index (χ2v) is 7.91. The lowest BCUT2D eigenvalue weighted by atomic mass is 10.2. The fraction of sp³-hybridized carbons (Fsp3) is 0.125. The molecule has 2 aromatic carbocycles. The van der Waals surface area contributed by atoms with E-state index in [1.54, 1.807) is 6.92 Å². The molecule has 0 spiro atoms. The van der Waals surface area contributed by atoms with Gasteiger partial charge in [-0.2, -0.15) is 9.71 Å². The van der Waals surface area contributed by atoms with Crippen LogP contribution in [0.15, 0.2) is 51.9 Å². The Morgan fingerprint density at radius 3 is 2.46 bits per heavy atom. The third kappa shape index (κ3) is 4.04. The first-order chi connectivity index (χ1) is 12.3. The predicted octanol–water partition coefficient (Wildman–Crippen LogP) is 4.22. The number of nitrogens with one attached hydrogen (secondary N) is 1. The molecule has 0 saturated carbocycles. The molecule has 0 fully saturated rings. The molecular formula is C16H12Cl2FN3O3S. The van der Waals surface area contributed by atoms with Crippen LogP contribution in [0.25, 0.3) is 11.4 Å². The van der Waals surface area contributed by atoms with Gasteiger partial charge in [0.25, 0.3) is 0 Å². The first-order valence-electron chi connectivity index (χ1n) is 7.33. The molecule has 3 aromatic rings. The lowest BCUT2D eigenvalue weighted by molar-refractivity contribution is 0.354. The summed E-state index contributed by atoms with van der Waals surface area (Å²) in [4.78, 5) is 4.10. The summed E-state index contributed by atoms with van der Waals surface area (Å²) in [6.07, 6.45) is 0. The van der Waals surface area contributed by atoms with Gasteiger partial charge in [-0.15, -0.1) is 0 Å². The maximum atomic E-state index is 13.0. The van der Waals surface area contributed by atoms with Gasteiger partial charge >= 0.3 is 0 Å². The first-order valence-corrected chi connectivity index (χ1v) is 9.57. The minimum atomic E-state index is -3.88. The smallest absolute Gasteiger partial charge is 0.244 e. The zero-order valence-electron chi connectivity index (χ0n) is 13.3. The minimum absolute atomic E-state index is 0.0444. The summed E-state index contributed by atoms with van der Waals surface area (Å²) in [5.41, 5.74) is 0.543. The van der Waals surface area contributed by atoms with Crippen molar-refractivity contribution in [2.75, 3.05) is 0 Å². The van der Waals surface area contributed by atoms with Gasteiger partial charge in [-0.05, 0) is 49.4 Å². The molecule has 1 N–H and O–H groups in total. The van der Waals surface area contributed by atoms with E-state index in [1.165, 1.54) is 42.5 Å². The molecule has 0 amide bonds. The van der Waals surface area contributed by atoms with Gasteiger partial charge in [0.1, 0.15) is 5.82 Å². The zero-order chi connectivity index (χ0) is 18.9. The molecule has 3 rings (SSSR count). The molecule has 0 bridgehead atoms. The van der Waals surface area contributed by atoms with Crippen molar-refractivity contribution in [3.63, 3.8) is 0 Å². The van der Waals surface area contributed by atoms with E-state index in [9.17, 15) is 12.8 Å². The van der Waals surface area contributed by atoms with Gasteiger partial charge in [-0.3, -0.25) is 0 Å². The van der Waals surface area contributed by atoms with Crippen molar-refractivity contribution in [1.82, 2.24) is 14.9 Å². The van der Waals surface area contributed by atoms with Crippen LogP contribution in [0.4, 0.5) is 4.39 Å². The third-order valence-electron chi connectivity index (χ3n) is 3.45. The van der Waals surface area contributed by atoms with Gasteiger partial charge in [0, 0.05) is 5.56 Å². The highest BCUT2D eigenvalue weighted by Crippen LogP contribution is 2.26. The molecule has 0 aliphatic rings. The van der Waals surface area contributed by atoms with Crippen LogP contribution in [-0.4, -0.2) is 18.6 Å². The largest absolute Gasteiger partial charge is 0.337 e. The molecule has 136 valence electrons. The van der Waals surface area contributed by atoms with Crippen LogP contribution in [0.5, 0.6) is 0 Å². The number of nitrogens with zero attached hydrogens (tertiary/aromatic N) is 2. The van der Waals surface area contributed by atoms with Gasteiger partial charge in [0.05, 0.1) is 21.0 Å². The van der Waals surface area contributed by atoms with E-state index in [-0.39, 0.29) is 32.5 Å². The fourth-order valence-electron chi connectivity index (χ4n) is 2.12. The molecular weight excluding hydrogens is 404 g/mol. The maximum absolute atomic E-state index is 13.0. The first kappa shape index (κ1) is 18.8. The molecule has 0 saturated heterocycles. The zero-order valence-corrected chi connectivity index (χ0v) is 15.6. The highest BCUT2D eigenvalue weighted by Gasteiger charge is 2.23. The van der Waals surface area contributed by atoms with Gasteiger partial charge in [-0.1, -0.05) is 28.4 Å². The molecule has 1 aromatic heterocycles. The number of aromatic nitrogens is 2. The average molecular weight is 416 g/mol. The van der Waals surface area contributed by atoms with E-state index in [2.05, 4.69) is 14.9 Å². The summed E-state index contributed by atoms with van der Waals surface area (Å²) < 4.78 is 45.4. The quantitative estimate of drug-likeness (QED) is 0.673. The monoisotopic (exact) mass is 415 g/mol. The van der Waals surface area contributed by atoms with E-state index in [4.69, 9.17) is 27.7 Å². The molecule has 1 unspecified atom stereocenters. The normalized spacial score (nSPS) is 12.9. The number of rotatable bonds is 5. The fourth-order valence-corrected chi connectivity index (χ4v) is 3.71. The Bertz CT molecular complexity index is 1040.